The molecule has 4 aliphatic rings. The lowest BCUT2D eigenvalue weighted by atomic mass is 10.00. The fraction of sp³-hybridized carbons (Fsp3) is 0.172. The Hall–Kier alpha value is -9.52. The Kier molecular flexibility index (Phi) is 12.1. The van der Waals surface area contributed by atoms with Gasteiger partial charge in [0, 0.05) is 97.0 Å². The van der Waals surface area contributed by atoms with Crippen molar-refractivity contribution in [1.29, 1.82) is 0 Å². The number of nitrogens with two attached hydrogens (primary N) is 2. The van der Waals surface area contributed by atoms with Crippen molar-refractivity contribution in [3.63, 3.8) is 0 Å². The Morgan fingerprint density at radius 2 is 0.974 bits per heavy atom. The fourth-order valence-electron chi connectivity index (χ4n) is 10.4. The number of amides is 6. The lowest BCUT2D eigenvalue weighted by molar-refractivity contribution is -0.145. The Morgan fingerprint density at radius 1 is 0.553 bits per heavy atom. The summed E-state index contributed by atoms with van der Waals surface area (Å²) in [5, 5.41) is 7.22. The topological polar surface area (TPSA) is 253 Å². The molecule has 0 radical (unpaired) electrons. The molecule has 6 heterocycles. The van der Waals surface area contributed by atoms with E-state index in [1.165, 1.54) is 0 Å². The molecule has 18 heteroatoms. The number of hydrogen-bond acceptors (Lipinski definition) is 12. The normalized spacial score (nSPS) is 17.3. The van der Waals surface area contributed by atoms with Crippen LogP contribution in [0, 0.1) is 0 Å². The standard InChI is InChI=1S/C58H48N8O10/c59-51(25-37-29-61-43-15-9-31(19-41(37)43)21-45-55(69)65(57(71)63-45)39-13-11-35-23-33-5-1-3-7-47(33)73-49(35)27-39)75-53(67)17-18-54(68)76-52(60)26-38-30-62-44-16-10-32(20-42(38)44)22-46-56(70)66(58(72)64-46)40-14-12-36-24-34-6-2-4-8-48(34)74-50(36)28-40/h1-20,27-30,45-46,51-52,61-62H,21-26,59-60H2,(H,63,71)(H,64,72)/b18-17-. The molecule has 0 spiro atoms. The van der Waals surface area contributed by atoms with Crippen LogP contribution < -0.4 is 41.4 Å². The van der Waals surface area contributed by atoms with E-state index < -0.39 is 48.5 Å². The summed E-state index contributed by atoms with van der Waals surface area (Å²) in [6, 6.07) is 34.7. The first kappa shape index (κ1) is 47.5. The number of hydrogen-bond donors (Lipinski definition) is 6. The van der Waals surface area contributed by atoms with E-state index in [1.54, 1.807) is 36.7 Å². The number of esters is 2. The second kappa shape index (κ2) is 19.4. The summed E-state index contributed by atoms with van der Waals surface area (Å²) < 4.78 is 23.0. The number of anilines is 2. The molecule has 4 unspecified atom stereocenters. The number of fused-ring (bicyclic) bond motifs is 6. The molecule has 2 saturated heterocycles. The Morgan fingerprint density at radius 3 is 1.42 bits per heavy atom. The van der Waals surface area contributed by atoms with E-state index in [2.05, 4.69) is 20.6 Å². The van der Waals surface area contributed by atoms with Crippen LogP contribution in [0.25, 0.3) is 21.8 Å². The quantitative estimate of drug-likeness (QED) is 0.0270. The Labute approximate surface area is 433 Å². The van der Waals surface area contributed by atoms with Gasteiger partial charge in [-0.1, -0.05) is 60.7 Å². The van der Waals surface area contributed by atoms with Crippen molar-refractivity contribution in [2.75, 3.05) is 9.80 Å². The van der Waals surface area contributed by atoms with Crippen LogP contribution in [0.15, 0.2) is 146 Å². The van der Waals surface area contributed by atoms with Crippen molar-refractivity contribution in [3.05, 3.63) is 190 Å². The number of aromatic nitrogens is 2. The lowest BCUT2D eigenvalue weighted by Gasteiger charge is -2.22. The number of nitrogens with zero attached hydrogens (tertiary/aromatic N) is 2. The molecule has 76 heavy (non-hydrogen) atoms. The zero-order valence-electron chi connectivity index (χ0n) is 40.5. The van der Waals surface area contributed by atoms with Crippen LogP contribution >= 0.6 is 0 Å². The predicted octanol–water partition coefficient (Wildman–Crippen LogP) is 7.37. The minimum Gasteiger partial charge on any atom is -0.457 e. The first-order valence-electron chi connectivity index (χ1n) is 24.7. The van der Waals surface area contributed by atoms with Gasteiger partial charge in [0.2, 0.25) is 0 Å². The second-order valence-electron chi connectivity index (χ2n) is 19.2. The highest BCUT2D eigenvalue weighted by molar-refractivity contribution is 6.22. The largest absolute Gasteiger partial charge is 0.457 e. The minimum atomic E-state index is -1.09. The molecule has 8 N–H and O–H groups in total. The number of urea groups is 2. The van der Waals surface area contributed by atoms with Gasteiger partial charge in [0.1, 0.15) is 35.1 Å². The third-order valence-electron chi connectivity index (χ3n) is 14.1. The molecule has 0 saturated carbocycles. The Balaban J connectivity index is 0.621. The molecule has 8 aromatic rings. The maximum absolute atomic E-state index is 13.7. The second-order valence-corrected chi connectivity index (χ2v) is 19.2. The number of aromatic amines is 2. The molecule has 4 atom stereocenters. The van der Waals surface area contributed by atoms with E-state index >= 15 is 0 Å². The van der Waals surface area contributed by atoms with Crippen LogP contribution in [-0.2, 0) is 67.2 Å². The third-order valence-corrected chi connectivity index (χ3v) is 14.1. The molecule has 380 valence electrons. The summed E-state index contributed by atoms with van der Waals surface area (Å²) in [5.41, 5.74) is 22.0. The highest BCUT2D eigenvalue weighted by Crippen LogP contribution is 2.41. The van der Waals surface area contributed by atoms with Crippen LogP contribution in [0.4, 0.5) is 21.0 Å². The van der Waals surface area contributed by atoms with Gasteiger partial charge in [0.05, 0.1) is 11.4 Å². The van der Waals surface area contributed by atoms with Crippen molar-refractivity contribution in [2.45, 2.75) is 63.1 Å². The van der Waals surface area contributed by atoms with Crippen molar-refractivity contribution in [3.8, 4) is 23.0 Å². The van der Waals surface area contributed by atoms with Gasteiger partial charge in [-0.25, -0.2) is 29.0 Å². The van der Waals surface area contributed by atoms with Gasteiger partial charge in [0.25, 0.3) is 11.8 Å². The number of carbonyl (C=O) groups excluding carboxylic acids is 6. The van der Waals surface area contributed by atoms with Crippen molar-refractivity contribution in [1.82, 2.24) is 20.6 Å². The summed E-state index contributed by atoms with van der Waals surface area (Å²) in [5.74, 6) is 0.145. The minimum absolute atomic E-state index is 0.119. The summed E-state index contributed by atoms with van der Waals surface area (Å²) >= 11 is 0. The number of ether oxygens (including phenoxy) is 4. The van der Waals surface area contributed by atoms with Crippen LogP contribution in [0.1, 0.15) is 44.5 Å². The van der Waals surface area contributed by atoms with Crippen LogP contribution in [0.2, 0.25) is 0 Å². The molecule has 18 nitrogen and oxygen atoms in total. The molecule has 6 amide bonds. The number of imide groups is 2. The van der Waals surface area contributed by atoms with E-state index in [9.17, 15) is 28.8 Å². The maximum atomic E-state index is 13.7. The zero-order valence-corrected chi connectivity index (χ0v) is 40.5. The summed E-state index contributed by atoms with van der Waals surface area (Å²) in [6.45, 7) is 0. The summed E-state index contributed by atoms with van der Waals surface area (Å²) in [7, 11) is 0. The van der Waals surface area contributed by atoms with Crippen molar-refractivity contribution in [2.24, 2.45) is 11.5 Å². The van der Waals surface area contributed by atoms with Crippen LogP contribution in [0.5, 0.6) is 23.0 Å². The monoisotopic (exact) mass is 1020 g/mol. The van der Waals surface area contributed by atoms with E-state index in [-0.39, 0.29) is 37.5 Å². The van der Waals surface area contributed by atoms with Gasteiger partial charge in [-0.2, -0.15) is 0 Å². The van der Waals surface area contributed by atoms with Crippen LogP contribution in [0.3, 0.4) is 0 Å². The molecule has 2 aromatic heterocycles. The molecule has 12 rings (SSSR count). The highest BCUT2D eigenvalue weighted by Gasteiger charge is 2.41. The predicted molar refractivity (Wildman–Crippen MR) is 280 cm³/mol. The SMILES string of the molecule is NC(Cc1c[nH]c2ccc(CC3NC(=O)N(c4ccc5c(c4)Oc4ccccc4C5)C3=O)cc12)OC(=O)/C=C\C(=O)OC(N)Cc1c[nH]c2ccc(CC3NC(=O)N(c4ccc5c(c4)Oc4ccccc4C5)C3=O)cc12. The molecule has 6 aromatic carbocycles. The molecule has 4 aliphatic heterocycles. The van der Waals surface area contributed by atoms with Gasteiger partial charge in [-0.3, -0.25) is 21.1 Å². The molecule has 2 fully saturated rings. The van der Waals surface area contributed by atoms with Gasteiger partial charge in [0.15, 0.2) is 12.5 Å². The van der Waals surface area contributed by atoms with Crippen molar-refractivity contribution < 1.29 is 47.7 Å². The smallest absolute Gasteiger partial charge is 0.332 e. The fourth-order valence-corrected chi connectivity index (χ4v) is 10.4. The number of para-hydroxylation sites is 2. The van der Waals surface area contributed by atoms with Gasteiger partial charge < -0.3 is 39.5 Å². The average Bonchev–Trinajstić information content (AvgIpc) is 4.17. The van der Waals surface area contributed by atoms with E-state index in [0.29, 0.717) is 35.7 Å². The highest BCUT2D eigenvalue weighted by atomic mass is 16.6. The number of benzene rings is 6. The summed E-state index contributed by atoms with van der Waals surface area (Å²) in [6.07, 6.45) is 5.19. The van der Waals surface area contributed by atoms with Gasteiger partial charge in [-0.15, -0.1) is 0 Å². The summed E-state index contributed by atoms with van der Waals surface area (Å²) in [4.78, 5) is 88.0. The number of H-pyrrole nitrogens is 2. The average molecular weight is 1020 g/mol. The lowest BCUT2D eigenvalue weighted by Crippen LogP contribution is -2.32. The maximum Gasteiger partial charge on any atom is 0.332 e. The first-order valence-corrected chi connectivity index (χ1v) is 24.7. The molecular formula is C58H48N8O10. The van der Waals surface area contributed by atoms with Crippen LogP contribution in [-0.4, -0.2) is 70.3 Å². The third kappa shape index (κ3) is 9.26. The molecular weight excluding hydrogens is 969 g/mol. The number of nitrogens with one attached hydrogen (secondary N) is 4. The number of carbonyl (C=O) groups is 6. The van der Waals surface area contributed by atoms with Gasteiger partial charge >= 0.3 is 24.0 Å². The Bertz CT molecular complexity index is 3510. The molecule has 0 aliphatic carbocycles. The molecule has 0 bridgehead atoms. The zero-order chi connectivity index (χ0) is 52.2. The van der Waals surface area contributed by atoms with E-state index in [0.717, 1.165) is 99.8 Å². The van der Waals surface area contributed by atoms with E-state index in [1.807, 2.05) is 97.1 Å². The first-order chi connectivity index (χ1) is 36.9. The number of rotatable bonds is 14. The van der Waals surface area contributed by atoms with E-state index in [4.69, 9.17) is 30.4 Å². The van der Waals surface area contributed by atoms with Gasteiger partial charge in [-0.05, 0) is 93.0 Å². The van der Waals surface area contributed by atoms with Crippen molar-refractivity contribution >= 4 is 69.0 Å².